The Kier molecular flexibility index (Phi) is 3.50. The topological polar surface area (TPSA) is 64.0 Å². The van der Waals surface area contributed by atoms with Crippen LogP contribution in [-0.4, -0.2) is 21.2 Å². The Morgan fingerprint density at radius 2 is 2.29 bits per heavy atom. The maximum absolute atomic E-state index is 13.7. The molecule has 0 spiro atoms. The quantitative estimate of drug-likeness (QED) is 0.863. The molecule has 0 unspecified atom stereocenters. The molecule has 0 bridgehead atoms. The molecule has 7 heteroatoms. The predicted octanol–water partition coefficient (Wildman–Crippen LogP) is 2.05. The SMILES string of the molecule is Cc1ccc(NC(=O)c2cnc3n(c2=O)CCS3)c(F)c1. The van der Waals surface area contributed by atoms with E-state index in [1.165, 1.54) is 34.7 Å². The van der Waals surface area contributed by atoms with Crippen molar-refractivity contribution < 1.29 is 9.18 Å². The molecule has 2 heterocycles. The molecule has 0 fully saturated rings. The Hall–Kier alpha value is -2.15. The number of nitrogens with one attached hydrogen (secondary N) is 1. The van der Waals surface area contributed by atoms with Crippen LogP contribution in [0.4, 0.5) is 10.1 Å². The van der Waals surface area contributed by atoms with Gasteiger partial charge in [0.15, 0.2) is 5.16 Å². The van der Waals surface area contributed by atoms with Crippen LogP contribution in [0.1, 0.15) is 15.9 Å². The van der Waals surface area contributed by atoms with Gasteiger partial charge in [-0.25, -0.2) is 9.37 Å². The monoisotopic (exact) mass is 305 g/mol. The van der Waals surface area contributed by atoms with E-state index < -0.39 is 17.3 Å². The summed E-state index contributed by atoms with van der Waals surface area (Å²) in [4.78, 5) is 28.4. The van der Waals surface area contributed by atoms with Crippen LogP contribution in [0, 0.1) is 12.7 Å². The van der Waals surface area contributed by atoms with Crippen molar-refractivity contribution in [2.45, 2.75) is 18.6 Å². The van der Waals surface area contributed by atoms with Crippen molar-refractivity contribution in [1.82, 2.24) is 9.55 Å². The first kappa shape index (κ1) is 13.8. The van der Waals surface area contributed by atoms with Crippen LogP contribution in [0.5, 0.6) is 0 Å². The third-order valence-electron chi connectivity index (χ3n) is 3.17. The van der Waals surface area contributed by atoms with Crippen molar-refractivity contribution in [3.05, 3.63) is 51.7 Å². The summed E-state index contributed by atoms with van der Waals surface area (Å²) >= 11 is 1.47. The van der Waals surface area contributed by atoms with Crippen LogP contribution in [0.15, 0.2) is 34.3 Å². The summed E-state index contributed by atoms with van der Waals surface area (Å²) in [6.07, 6.45) is 1.24. The fraction of sp³-hybridized carbons (Fsp3) is 0.214. The van der Waals surface area contributed by atoms with Crippen molar-refractivity contribution in [3.8, 4) is 0 Å². The van der Waals surface area contributed by atoms with E-state index in [4.69, 9.17) is 0 Å². The van der Waals surface area contributed by atoms with Gasteiger partial charge in [-0.15, -0.1) is 0 Å². The molecule has 0 saturated heterocycles. The second-order valence-corrected chi connectivity index (χ2v) is 5.76. The van der Waals surface area contributed by atoms with E-state index in [-0.39, 0.29) is 11.3 Å². The molecule has 108 valence electrons. The molecule has 3 rings (SSSR count). The van der Waals surface area contributed by atoms with Gasteiger partial charge in [-0.3, -0.25) is 14.2 Å². The van der Waals surface area contributed by atoms with E-state index in [0.717, 1.165) is 11.3 Å². The molecular weight excluding hydrogens is 293 g/mol. The van der Waals surface area contributed by atoms with Gasteiger partial charge in [0.2, 0.25) is 0 Å². The zero-order chi connectivity index (χ0) is 15.0. The molecule has 0 aliphatic carbocycles. The molecule has 1 aromatic carbocycles. The standard InChI is InChI=1S/C14H12FN3O2S/c1-8-2-3-11(10(15)6-8)17-12(19)9-7-16-14-18(13(9)20)4-5-21-14/h2-3,6-7H,4-5H2,1H3,(H,17,19). The van der Waals surface area contributed by atoms with Gasteiger partial charge in [-0.2, -0.15) is 0 Å². The fourth-order valence-corrected chi connectivity index (χ4v) is 3.00. The highest BCUT2D eigenvalue weighted by molar-refractivity contribution is 7.99. The lowest BCUT2D eigenvalue weighted by Crippen LogP contribution is -2.29. The Bertz CT molecular complexity index is 788. The molecule has 5 nitrogen and oxygen atoms in total. The third kappa shape index (κ3) is 2.56. The van der Waals surface area contributed by atoms with E-state index in [0.29, 0.717) is 11.7 Å². The molecular formula is C14H12FN3O2S. The molecule has 0 atom stereocenters. The largest absolute Gasteiger partial charge is 0.319 e. The highest BCUT2D eigenvalue weighted by Gasteiger charge is 2.20. The van der Waals surface area contributed by atoms with Gasteiger partial charge < -0.3 is 5.32 Å². The van der Waals surface area contributed by atoms with Gasteiger partial charge in [-0.05, 0) is 24.6 Å². The number of aromatic nitrogens is 2. The van der Waals surface area contributed by atoms with Crippen LogP contribution in [-0.2, 0) is 6.54 Å². The minimum Gasteiger partial charge on any atom is -0.319 e. The van der Waals surface area contributed by atoms with Gasteiger partial charge in [0.05, 0.1) is 5.69 Å². The molecule has 0 radical (unpaired) electrons. The summed E-state index contributed by atoms with van der Waals surface area (Å²) < 4.78 is 15.2. The number of nitrogens with zero attached hydrogens (tertiary/aromatic N) is 2. The molecule has 1 aliphatic heterocycles. The second-order valence-electron chi connectivity index (χ2n) is 4.70. The number of benzene rings is 1. The van der Waals surface area contributed by atoms with Crippen LogP contribution < -0.4 is 10.9 Å². The first-order valence-corrected chi connectivity index (χ1v) is 7.35. The van der Waals surface area contributed by atoms with Crippen molar-refractivity contribution in [1.29, 1.82) is 0 Å². The Balaban J connectivity index is 1.91. The molecule has 2 aromatic rings. The van der Waals surface area contributed by atoms with Crippen LogP contribution in [0.25, 0.3) is 0 Å². The van der Waals surface area contributed by atoms with Crippen LogP contribution >= 0.6 is 11.8 Å². The average molecular weight is 305 g/mol. The lowest BCUT2D eigenvalue weighted by molar-refractivity contribution is 0.102. The smallest absolute Gasteiger partial charge is 0.267 e. The van der Waals surface area contributed by atoms with E-state index >= 15 is 0 Å². The Morgan fingerprint density at radius 1 is 1.48 bits per heavy atom. The van der Waals surface area contributed by atoms with Gasteiger partial charge in [0.25, 0.3) is 11.5 Å². The van der Waals surface area contributed by atoms with Crippen molar-refractivity contribution in [2.75, 3.05) is 11.1 Å². The summed E-state index contributed by atoms with van der Waals surface area (Å²) in [5.41, 5.74) is 0.322. The average Bonchev–Trinajstić information content (AvgIpc) is 2.91. The first-order valence-electron chi connectivity index (χ1n) is 6.36. The zero-order valence-corrected chi connectivity index (χ0v) is 12.0. The highest BCUT2D eigenvalue weighted by Crippen LogP contribution is 2.21. The third-order valence-corrected chi connectivity index (χ3v) is 4.14. The van der Waals surface area contributed by atoms with Gasteiger partial charge in [0.1, 0.15) is 11.4 Å². The van der Waals surface area contributed by atoms with E-state index in [2.05, 4.69) is 10.3 Å². The van der Waals surface area contributed by atoms with Crippen molar-refractivity contribution >= 4 is 23.4 Å². The Labute approximate surface area is 124 Å². The number of thioether (sulfide) groups is 1. The second kappa shape index (κ2) is 5.33. The van der Waals surface area contributed by atoms with Gasteiger partial charge in [0, 0.05) is 18.5 Å². The summed E-state index contributed by atoms with van der Waals surface area (Å²) in [5, 5.41) is 3.02. The van der Waals surface area contributed by atoms with Gasteiger partial charge >= 0.3 is 0 Å². The number of amides is 1. The number of carbonyl (C=O) groups excluding carboxylic acids is 1. The number of hydrogen-bond acceptors (Lipinski definition) is 4. The molecule has 1 aromatic heterocycles. The van der Waals surface area contributed by atoms with Crippen LogP contribution in [0.3, 0.4) is 0 Å². The minimum absolute atomic E-state index is 0.0462. The highest BCUT2D eigenvalue weighted by atomic mass is 32.2. The first-order chi connectivity index (χ1) is 10.1. The number of fused-ring (bicyclic) bond motifs is 1. The lowest BCUT2D eigenvalue weighted by Gasteiger charge is -2.08. The van der Waals surface area contributed by atoms with E-state index in [1.54, 1.807) is 13.0 Å². The predicted molar refractivity (Wildman–Crippen MR) is 78.3 cm³/mol. The summed E-state index contributed by atoms with van der Waals surface area (Å²) in [5.74, 6) is -0.421. The van der Waals surface area contributed by atoms with Crippen molar-refractivity contribution in [2.24, 2.45) is 0 Å². The number of carbonyl (C=O) groups is 1. The molecule has 1 N–H and O–H groups in total. The minimum atomic E-state index is -0.651. The van der Waals surface area contributed by atoms with E-state index in [1.807, 2.05) is 0 Å². The molecule has 1 amide bonds. The van der Waals surface area contributed by atoms with Gasteiger partial charge in [-0.1, -0.05) is 17.8 Å². The molecule has 0 saturated carbocycles. The normalized spacial score (nSPS) is 13.0. The van der Waals surface area contributed by atoms with Crippen molar-refractivity contribution in [3.63, 3.8) is 0 Å². The molecule has 1 aliphatic rings. The fourth-order valence-electron chi connectivity index (χ4n) is 2.08. The summed E-state index contributed by atoms with van der Waals surface area (Å²) in [6, 6.07) is 4.47. The lowest BCUT2D eigenvalue weighted by atomic mass is 10.2. The number of rotatable bonds is 2. The molecule has 21 heavy (non-hydrogen) atoms. The number of aryl methyl sites for hydroxylation is 1. The summed E-state index contributed by atoms with van der Waals surface area (Å²) in [7, 11) is 0. The zero-order valence-electron chi connectivity index (χ0n) is 11.2. The number of halogens is 1. The van der Waals surface area contributed by atoms with Crippen LogP contribution in [0.2, 0.25) is 0 Å². The maximum Gasteiger partial charge on any atom is 0.267 e. The Morgan fingerprint density at radius 3 is 3.05 bits per heavy atom. The van der Waals surface area contributed by atoms with E-state index in [9.17, 15) is 14.0 Å². The maximum atomic E-state index is 13.7. The number of anilines is 1. The summed E-state index contributed by atoms with van der Waals surface area (Å²) in [6.45, 7) is 2.29. The number of hydrogen-bond donors (Lipinski definition) is 1.